The Hall–Kier alpha value is -3.58. The number of nitrogens with one attached hydrogen (secondary N) is 1. The molecule has 1 aliphatic rings. The van der Waals surface area contributed by atoms with E-state index in [2.05, 4.69) is 14.8 Å². The summed E-state index contributed by atoms with van der Waals surface area (Å²) in [5.41, 5.74) is 1.24. The SMILES string of the molecule is COC(=O)CC[S+]([O-])C1C(NC(=O)COc2ccc(C(C)C)cc2)C(=O)N1C(C(=O)OCOC(C)=O)=C(C)C. The molecule has 12 nitrogen and oxygen atoms in total. The van der Waals surface area contributed by atoms with Crippen molar-refractivity contribution in [2.45, 2.75) is 58.4 Å². The lowest BCUT2D eigenvalue weighted by Crippen LogP contribution is -2.73. The maximum atomic E-state index is 13.2. The number of hydrogen-bond donors (Lipinski definition) is 1. The molecule has 1 aliphatic heterocycles. The van der Waals surface area contributed by atoms with E-state index in [4.69, 9.17) is 9.47 Å². The number of amides is 2. The monoisotopic (exact) mass is 566 g/mol. The van der Waals surface area contributed by atoms with Gasteiger partial charge in [-0.25, -0.2) is 4.79 Å². The van der Waals surface area contributed by atoms with Crippen LogP contribution in [0.4, 0.5) is 0 Å². The second kappa shape index (κ2) is 14.5. The van der Waals surface area contributed by atoms with E-state index in [1.165, 1.54) is 21.0 Å². The van der Waals surface area contributed by atoms with E-state index in [1.807, 2.05) is 26.0 Å². The second-order valence-electron chi connectivity index (χ2n) is 9.10. The van der Waals surface area contributed by atoms with Crippen molar-refractivity contribution in [2.75, 3.05) is 26.3 Å². The minimum Gasteiger partial charge on any atom is -0.615 e. The fraction of sp³-hybridized carbons (Fsp3) is 0.500. The van der Waals surface area contributed by atoms with Gasteiger partial charge in [0.05, 0.1) is 13.5 Å². The maximum Gasteiger partial charge on any atom is 0.358 e. The number of ether oxygens (including phenoxy) is 4. The van der Waals surface area contributed by atoms with Gasteiger partial charge in [-0.2, -0.15) is 0 Å². The number of esters is 3. The van der Waals surface area contributed by atoms with Crippen LogP contribution in [0.2, 0.25) is 0 Å². The number of hydrogen-bond acceptors (Lipinski definition) is 10. The van der Waals surface area contributed by atoms with Crippen LogP contribution < -0.4 is 10.1 Å². The Kier molecular flexibility index (Phi) is 11.8. The molecular weight excluding hydrogens is 532 g/mol. The molecule has 0 aliphatic carbocycles. The van der Waals surface area contributed by atoms with Crippen LogP contribution in [-0.4, -0.2) is 76.9 Å². The molecule has 3 unspecified atom stereocenters. The summed E-state index contributed by atoms with van der Waals surface area (Å²) in [7, 11) is 1.18. The Bertz CT molecular complexity index is 1100. The lowest BCUT2D eigenvalue weighted by atomic mass is 10.0. The molecule has 1 N–H and O–H groups in total. The molecule has 1 saturated heterocycles. The molecule has 214 valence electrons. The van der Waals surface area contributed by atoms with Crippen molar-refractivity contribution in [3.8, 4) is 5.75 Å². The van der Waals surface area contributed by atoms with Crippen LogP contribution in [0.5, 0.6) is 5.75 Å². The number of β-lactam (4-membered cyclic amide) rings is 1. The highest BCUT2D eigenvalue weighted by atomic mass is 32.2. The van der Waals surface area contributed by atoms with Gasteiger partial charge < -0.3 is 28.8 Å². The van der Waals surface area contributed by atoms with Crippen LogP contribution in [0.25, 0.3) is 0 Å². The summed E-state index contributed by atoms with van der Waals surface area (Å²) < 4.78 is 32.9. The smallest absolute Gasteiger partial charge is 0.358 e. The molecule has 0 radical (unpaired) electrons. The Balaban J connectivity index is 2.17. The van der Waals surface area contributed by atoms with Gasteiger partial charge in [0.25, 0.3) is 11.8 Å². The molecular formula is C26H34N2O10S. The van der Waals surface area contributed by atoms with Crippen molar-refractivity contribution in [3.63, 3.8) is 0 Å². The van der Waals surface area contributed by atoms with Crippen molar-refractivity contribution in [1.29, 1.82) is 0 Å². The first-order chi connectivity index (χ1) is 18.4. The zero-order valence-corrected chi connectivity index (χ0v) is 23.6. The third-order valence-corrected chi connectivity index (χ3v) is 7.27. The number of likely N-dealkylation sites (tertiary alicyclic amines) is 1. The standard InChI is InChI=1S/C26H34N2O10S/c1-15(2)18-7-9-19(10-8-18)36-13-20(30)27-22-24(32)28(25(22)39(34)12-11-21(31)35-6)23(16(3)4)26(33)38-14-37-17(5)29/h7-10,15,22,25H,11-14H2,1-6H3,(H,27,30). The molecule has 0 spiro atoms. The minimum absolute atomic E-state index is 0.190. The lowest BCUT2D eigenvalue weighted by molar-refractivity contribution is -0.166. The topological polar surface area (TPSA) is 161 Å². The van der Waals surface area contributed by atoms with Crippen molar-refractivity contribution >= 4 is 40.9 Å². The highest BCUT2D eigenvalue weighted by Crippen LogP contribution is 2.32. The first-order valence-electron chi connectivity index (χ1n) is 12.1. The predicted molar refractivity (Wildman–Crippen MR) is 139 cm³/mol. The van der Waals surface area contributed by atoms with Gasteiger partial charge >= 0.3 is 17.9 Å². The zero-order chi connectivity index (χ0) is 29.3. The number of benzene rings is 1. The largest absolute Gasteiger partial charge is 0.615 e. The predicted octanol–water partition coefficient (Wildman–Crippen LogP) is 1.51. The minimum atomic E-state index is -1.89. The average Bonchev–Trinajstić information content (AvgIpc) is 2.88. The molecule has 0 saturated carbocycles. The van der Waals surface area contributed by atoms with E-state index in [1.54, 1.807) is 12.1 Å². The van der Waals surface area contributed by atoms with E-state index in [-0.39, 0.29) is 17.9 Å². The van der Waals surface area contributed by atoms with Crippen molar-refractivity contribution in [2.24, 2.45) is 0 Å². The zero-order valence-electron chi connectivity index (χ0n) is 22.8. The van der Waals surface area contributed by atoms with Crippen LogP contribution in [0.15, 0.2) is 35.5 Å². The number of methoxy groups -OCH3 is 1. The van der Waals surface area contributed by atoms with Gasteiger partial charge in [-0.3, -0.25) is 24.1 Å². The highest BCUT2D eigenvalue weighted by molar-refractivity contribution is 7.92. The number of allylic oxidation sites excluding steroid dienone is 1. The molecule has 2 rings (SSSR count). The maximum absolute atomic E-state index is 13.2. The molecule has 1 fully saturated rings. The summed E-state index contributed by atoms with van der Waals surface area (Å²) in [6.07, 6.45) is -0.209. The van der Waals surface area contributed by atoms with Crippen LogP contribution in [-0.2, 0) is 49.4 Å². The van der Waals surface area contributed by atoms with E-state index in [0.29, 0.717) is 17.2 Å². The third-order valence-electron chi connectivity index (χ3n) is 5.64. The molecule has 39 heavy (non-hydrogen) atoms. The Morgan fingerprint density at radius 1 is 1.08 bits per heavy atom. The van der Waals surface area contributed by atoms with Gasteiger partial charge in [-0.05, 0) is 54.2 Å². The van der Waals surface area contributed by atoms with E-state index in [0.717, 1.165) is 17.4 Å². The number of nitrogens with zero attached hydrogens (tertiary/aromatic N) is 1. The number of rotatable bonds is 13. The summed E-state index contributed by atoms with van der Waals surface area (Å²) in [5.74, 6) is -3.03. The quantitative estimate of drug-likeness (QED) is 0.122. The first-order valence-corrected chi connectivity index (χ1v) is 13.5. The van der Waals surface area contributed by atoms with E-state index in [9.17, 15) is 28.5 Å². The lowest BCUT2D eigenvalue weighted by Gasteiger charge is -2.46. The molecule has 0 aromatic heterocycles. The van der Waals surface area contributed by atoms with Crippen LogP contribution >= 0.6 is 0 Å². The van der Waals surface area contributed by atoms with Crippen LogP contribution in [0.1, 0.15) is 52.5 Å². The molecule has 2 amide bonds. The Morgan fingerprint density at radius 3 is 2.26 bits per heavy atom. The Morgan fingerprint density at radius 2 is 1.72 bits per heavy atom. The fourth-order valence-corrected chi connectivity index (χ4v) is 5.14. The summed E-state index contributed by atoms with van der Waals surface area (Å²) >= 11 is -1.89. The second-order valence-corrected chi connectivity index (χ2v) is 10.8. The normalized spacial score (nSPS) is 17.0. The molecule has 13 heteroatoms. The summed E-state index contributed by atoms with van der Waals surface area (Å²) in [4.78, 5) is 62.1. The Labute approximate surface area is 230 Å². The van der Waals surface area contributed by atoms with Gasteiger partial charge in [-0.15, -0.1) is 0 Å². The summed E-state index contributed by atoms with van der Waals surface area (Å²) in [6.45, 7) is 7.21. The summed E-state index contributed by atoms with van der Waals surface area (Å²) in [6, 6.07) is 5.97. The van der Waals surface area contributed by atoms with Gasteiger partial charge in [0.2, 0.25) is 12.2 Å². The number of carbonyl (C=O) groups is 5. The average molecular weight is 567 g/mol. The molecule has 1 aromatic rings. The third kappa shape index (κ3) is 8.72. The van der Waals surface area contributed by atoms with Gasteiger partial charge in [0.1, 0.15) is 17.2 Å². The van der Waals surface area contributed by atoms with E-state index >= 15 is 0 Å². The van der Waals surface area contributed by atoms with Crippen molar-refractivity contribution < 1.29 is 47.5 Å². The van der Waals surface area contributed by atoms with Crippen LogP contribution in [0, 0.1) is 0 Å². The highest BCUT2D eigenvalue weighted by Gasteiger charge is 2.58. The van der Waals surface area contributed by atoms with Crippen molar-refractivity contribution in [3.05, 3.63) is 41.1 Å². The first kappa shape index (κ1) is 31.6. The summed E-state index contributed by atoms with van der Waals surface area (Å²) in [5, 5.41) is 1.33. The molecule has 1 heterocycles. The van der Waals surface area contributed by atoms with Gasteiger partial charge in [-0.1, -0.05) is 26.0 Å². The van der Waals surface area contributed by atoms with E-state index < -0.39 is 65.7 Å². The molecule has 3 atom stereocenters. The molecule has 1 aromatic carbocycles. The van der Waals surface area contributed by atoms with Crippen LogP contribution in [0.3, 0.4) is 0 Å². The van der Waals surface area contributed by atoms with Gasteiger partial charge in [0, 0.05) is 6.92 Å². The van der Waals surface area contributed by atoms with Crippen molar-refractivity contribution in [1.82, 2.24) is 10.2 Å². The molecule has 0 bridgehead atoms. The fourth-order valence-electron chi connectivity index (χ4n) is 3.60. The number of carbonyl (C=O) groups excluding carboxylic acids is 5. The van der Waals surface area contributed by atoms with Gasteiger partial charge in [0.15, 0.2) is 12.6 Å².